The van der Waals surface area contributed by atoms with Crippen molar-refractivity contribution in [3.05, 3.63) is 70.9 Å². The minimum atomic E-state index is -3.74. The predicted molar refractivity (Wildman–Crippen MR) is 96.8 cm³/mol. The van der Waals surface area contributed by atoms with E-state index in [-0.39, 0.29) is 12.2 Å². The Bertz CT molecular complexity index is 880. The summed E-state index contributed by atoms with van der Waals surface area (Å²) in [5.74, 6) is -0.994. The standard InChI is InChI=1S/C18H19FN2O3S/c1-14-8-9-16(12-17(14)19)20-18(22)13-21(2)25(23,24)11-10-15-6-4-3-5-7-15/h3-12H,13H2,1-2H3,(H,20,22)/b11-10+. The van der Waals surface area contributed by atoms with E-state index in [4.69, 9.17) is 0 Å². The summed E-state index contributed by atoms with van der Waals surface area (Å²) in [6.45, 7) is 1.23. The van der Waals surface area contributed by atoms with Crippen molar-refractivity contribution in [3.63, 3.8) is 0 Å². The monoisotopic (exact) mass is 362 g/mol. The Labute approximate surface area is 146 Å². The van der Waals surface area contributed by atoms with Gasteiger partial charge in [0.25, 0.3) is 0 Å². The molecule has 0 fully saturated rings. The maximum absolute atomic E-state index is 13.5. The van der Waals surface area contributed by atoms with Crippen LogP contribution in [0, 0.1) is 12.7 Å². The number of carbonyl (C=O) groups excluding carboxylic acids is 1. The van der Waals surface area contributed by atoms with E-state index in [0.29, 0.717) is 5.56 Å². The van der Waals surface area contributed by atoms with Crippen molar-refractivity contribution in [1.29, 1.82) is 0 Å². The molecule has 132 valence electrons. The Morgan fingerprint density at radius 3 is 2.52 bits per heavy atom. The number of hydrogen-bond donors (Lipinski definition) is 1. The molecule has 0 radical (unpaired) electrons. The number of nitrogens with one attached hydrogen (secondary N) is 1. The summed E-state index contributed by atoms with van der Waals surface area (Å²) in [7, 11) is -2.44. The van der Waals surface area contributed by atoms with Gasteiger partial charge in [-0.1, -0.05) is 36.4 Å². The molecule has 2 aromatic carbocycles. The van der Waals surface area contributed by atoms with Crippen LogP contribution in [0.25, 0.3) is 6.08 Å². The molecular formula is C18H19FN2O3S. The molecule has 2 rings (SSSR count). The average molecular weight is 362 g/mol. The quantitative estimate of drug-likeness (QED) is 0.859. The maximum atomic E-state index is 13.5. The number of aryl methyl sites for hydroxylation is 1. The molecule has 25 heavy (non-hydrogen) atoms. The number of nitrogens with zero attached hydrogens (tertiary/aromatic N) is 1. The summed E-state index contributed by atoms with van der Waals surface area (Å²) in [6, 6.07) is 13.2. The molecule has 1 N–H and O–H groups in total. The minimum Gasteiger partial charge on any atom is -0.325 e. The fraction of sp³-hybridized carbons (Fsp3) is 0.167. The summed E-state index contributed by atoms with van der Waals surface area (Å²) < 4.78 is 38.8. The zero-order chi connectivity index (χ0) is 18.4. The number of halogens is 1. The van der Waals surface area contributed by atoms with Crippen molar-refractivity contribution in [2.45, 2.75) is 6.92 Å². The van der Waals surface area contributed by atoms with Crippen molar-refractivity contribution in [1.82, 2.24) is 4.31 Å². The molecule has 0 aromatic heterocycles. The third-order valence-corrected chi connectivity index (χ3v) is 4.97. The lowest BCUT2D eigenvalue weighted by Gasteiger charge is -2.14. The molecule has 2 aromatic rings. The summed E-state index contributed by atoms with van der Waals surface area (Å²) in [5, 5.41) is 3.52. The van der Waals surface area contributed by atoms with Gasteiger partial charge in [-0.05, 0) is 36.3 Å². The van der Waals surface area contributed by atoms with Gasteiger partial charge in [0.1, 0.15) is 5.82 Å². The van der Waals surface area contributed by atoms with E-state index in [1.54, 1.807) is 37.3 Å². The van der Waals surface area contributed by atoms with Gasteiger partial charge in [0.05, 0.1) is 6.54 Å². The lowest BCUT2D eigenvalue weighted by Crippen LogP contribution is -2.33. The number of amides is 1. The van der Waals surface area contributed by atoms with Gasteiger partial charge in [0, 0.05) is 18.1 Å². The number of anilines is 1. The van der Waals surface area contributed by atoms with E-state index < -0.39 is 21.7 Å². The summed E-state index contributed by atoms with van der Waals surface area (Å²) >= 11 is 0. The maximum Gasteiger partial charge on any atom is 0.239 e. The SMILES string of the molecule is Cc1ccc(NC(=O)CN(C)S(=O)(=O)/C=C/c2ccccc2)cc1F. The number of rotatable bonds is 6. The predicted octanol–water partition coefficient (Wildman–Crippen LogP) is 3.01. The second-order valence-electron chi connectivity index (χ2n) is 5.53. The molecule has 0 saturated heterocycles. The normalized spacial score (nSPS) is 11.8. The van der Waals surface area contributed by atoms with Crippen LogP contribution < -0.4 is 5.32 Å². The third kappa shape index (κ3) is 5.51. The van der Waals surface area contributed by atoms with Gasteiger partial charge in [0.15, 0.2) is 0 Å². The van der Waals surface area contributed by atoms with Crippen LogP contribution in [0.15, 0.2) is 53.9 Å². The van der Waals surface area contributed by atoms with E-state index in [1.165, 1.54) is 25.3 Å². The molecule has 7 heteroatoms. The average Bonchev–Trinajstić information content (AvgIpc) is 2.57. The lowest BCUT2D eigenvalue weighted by molar-refractivity contribution is -0.116. The highest BCUT2D eigenvalue weighted by Crippen LogP contribution is 2.14. The first kappa shape index (κ1) is 18.8. The van der Waals surface area contributed by atoms with Crippen LogP contribution in [0.1, 0.15) is 11.1 Å². The van der Waals surface area contributed by atoms with Gasteiger partial charge in [-0.2, -0.15) is 4.31 Å². The largest absolute Gasteiger partial charge is 0.325 e. The molecule has 0 atom stereocenters. The Kier molecular flexibility index (Phi) is 6.06. The van der Waals surface area contributed by atoms with Crippen molar-refractivity contribution in [2.75, 3.05) is 18.9 Å². The highest BCUT2D eigenvalue weighted by molar-refractivity contribution is 7.92. The molecular weight excluding hydrogens is 343 g/mol. The van der Waals surface area contributed by atoms with Crippen molar-refractivity contribution in [2.24, 2.45) is 0 Å². The molecule has 0 spiro atoms. The molecule has 0 unspecified atom stereocenters. The first-order valence-corrected chi connectivity index (χ1v) is 9.04. The zero-order valence-corrected chi connectivity index (χ0v) is 14.8. The molecule has 0 heterocycles. The van der Waals surface area contributed by atoms with Gasteiger partial charge in [-0.15, -0.1) is 0 Å². The van der Waals surface area contributed by atoms with Crippen LogP contribution in [0.3, 0.4) is 0 Å². The first-order chi connectivity index (χ1) is 11.8. The van der Waals surface area contributed by atoms with Crippen LogP contribution >= 0.6 is 0 Å². The topological polar surface area (TPSA) is 66.5 Å². The number of sulfonamides is 1. The second kappa shape index (κ2) is 8.04. The van der Waals surface area contributed by atoms with E-state index in [1.807, 2.05) is 6.07 Å². The second-order valence-corrected chi connectivity index (χ2v) is 7.45. The van der Waals surface area contributed by atoms with Gasteiger partial charge in [-0.3, -0.25) is 4.79 Å². The van der Waals surface area contributed by atoms with E-state index in [0.717, 1.165) is 15.3 Å². The number of likely N-dealkylation sites (N-methyl/N-ethyl adjacent to an activating group) is 1. The fourth-order valence-electron chi connectivity index (χ4n) is 2.00. The summed E-state index contributed by atoms with van der Waals surface area (Å²) in [5.41, 5.74) is 1.47. The first-order valence-electron chi connectivity index (χ1n) is 7.53. The molecule has 1 amide bonds. The smallest absolute Gasteiger partial charge is 0.239 e. The minimum absolute atomic E-state index is 0.277. The molecule has 0 bridgehead atoms. The lowest BCUT2D eigenvalue weighted by atomic mass is 10.2. The highest BCUT2D eigenvalue weighted by Gasteiger charge is 2.18. The van der Waals surface area contributed by atoms with E-state index >= 15 is 0 Å². The number of carbonyl (C=O) groups is 1. The Morgan fingerprint density at radius 2 is 1.88 bits per heavy atom. The van der Waals surface area contributed by atoms with Crippen LogP contribution in [-0.2, 0) is 14.8 Å². The van der Waals surface area contributed by atoms with Gasteiger partial charge < -0.3 is 5.32 Å². The van der Waals surface area contributed by atoms with Crippen molar-refractivity contribution >= 4 is 27.7 Å². The van der Waals surface area contributed by atoms with Crippen LogP contribution in [0.2, 0.25) is 0 Å². The van der Waals surface area contributed by atoms with E-state index in [2.05, 4.69) is 5.32 Å². The number of hydrogen-bond acceptors (Lipinski definition) is 3. The Hall–Kier alpha value is -2.51. The molecule has 0 saturated carbocycles. The van der Waals surface area contributed by atoms with Crippen molar-refractivity contribution in [3.8, 4) is 0 Å². The van der Waals surface area contributed by atoms with Crippen LogP contribution in [0.4, 0.5) is 10.1 Å². The number of benzene rings is 2. The van der Waals surface area contributed by atoms with Gasteiger partial charge in [-0.25, -0.2) is 12.8 Å². The summed E-state index contributed by atoms with van der Waals surface area (Å²) in [4.78, 5) is 12.0. The molecule has 5 nitrogen and oxygen atoms in total. The zero-order valence-electron chi connectivity index (χ0n) is 13.9. The molecule has 0 aliphatic rings. The molecule has 0 aliphatic heterocycles. The Balaban J connectivity index is 1.99. The van der Waals surface area contributed by atoms with E-state index in [9.17, 15) is 17.6 Å². The van der Waals surface area contributed by atoms with Crippen LogP contribution in [0.5, 0.6) is 0 Å². The fourth-order valence-corrected chi connectivity index (χ4v) is 2.83. The van der Waals surface area contributed by atoms with Crippen LogP contribution in [-0.4, -0.2) is 32.2 Å². The summed E-state index contributed by atoms with van der Waals surface area (Å²) in [6.07, 6.45) is 1.46. The third-order valence-electron chi connectivity index (χ3n) is 3.49. The highest BCUT2D eigenvalue weighted by atomic mass is 32.2. The molecule has 0 aliphatic carbocycles. The van der Waals surface area contributed by atoms with Gasteiger partial charge in [0.2, 0.25) is 15.9 Å². The van der Waals surface area contributed by atoms with Gasteiger partial charge >= 0.3 is 0 Å². The Morgan fingerprint density at radius 1 is 1.20 bits per heavy atom. The van der Waals surface area contributed by atoms with Crippen molar-refractivity contribution < 1.29 is 17.6 Å².